The molecule has 2 atom stereocenters. The number of halogens is 1. The van der Waals surface area contributed by atoms with Gasteiger partial charge in [-0.05, 0) is 68.0 Å². The number of anilines is 2. The molecular formula is C20H24ClN3O3. The predicted octanol–water partition coefficient (Wildman–Crippen LogP) is 3.81. The summed E-state index contributed by atoms with van der Waals surface area (Å²) in [4.78, 5) is 24.3. The molecule has 7 heteroatoms. The van der Waals surface area contributed by atoms with Crippen molar-refractivity contribution in [2.75, 3.05) is 10.6 Å². The first-order valence-corrected chi connectivity index (χ1v) is 9.16. The Morgan fingerprint density at radius 2 is 1.63 bits per heavy atom. The van der Waals surface area contributed by atoms with E-state index in [0.717, 1.165) is 18.5 Å². The first-order valence-electron chi connectivity index (χ1n) is 9.16. The highest BCUT2D eigenvalue weighted by Gasteiger charge is 2.34. The highest BCUT2D eigenvalue weighted by Crippen LogP contribution is 2.32. The normalized spacial score (nSPS) is 23.3. The summed E-state index contributed by atoms with van der Waals surface area (Å²) in [6.07, 6.45) is 6.72. The fourth-order valence-electron chi connectivity index (χ4n) is 4.05. The van der Waals surface area contributed by atoms with Crippen LogP contribution in [0.2, 0.25) is 0 Å². The second-order valence-electron chi connectivity index (χ2n) is 7.24. The molecule has 2 aliphatic rings. The van der Waals surface area contributed by atoms with Crippen LogP contribution in [-0.2, 0) is 4.79 Å². The van der Waals surface area contributed by atoms with Crippen LogP contribution in [0.25, 0.3) is 0 Å². The molecule has 3 N–H and O–H groups in total. The molecular weight excluding hydrogens is 366 g/mol. The lowest BCUT2D eigenvalue weighted by Gasteiger charge is -2.28. The van der Waals surface area contributed by atoms with Gasteiger partial charge in [-0.1, -0.05) is 0 Å². The van der Waals surface area contributed by atoms with E-state index in [1.54, 1.807) is 36.4 Å². The smallest absolute Gasteiger partial charge is 0.291 e. The van der Waals surface area contributed by atoms with Gasteiger partial charge in [-0.15, -0.1) is 12.4 Å². The average molecular weight is 390 g/mol. The SMILES string of the molecule is Cl.O=C(CC1CC2CCC(C1)N2)Nc1ccc(NC(=O)c2ccco2)cc1. The number of benzene rings is 1. The molecule has 2 amide bonds. The second kappa shape index (κ2) is 8.59. The van der Waals surface area contributed by atoms with Gasteiger partial charge in [0.05, 0.1) is 6.26 Å². The molecule has 2 fully saturated rings. The van der Waals surface area contributed by atoms with E-state index in [1.807, 2.05) is 0 Å². The van der Waals surface area contributed by atoms with E-state index in [-0.39, 0.29) is 30.0 Å². The van der Waals surface area contributed by atoms with E-state index in [0.29, 0.717) is 30.1 Å². The Kier molecular flexibility index (Phi) is 6.19. The molecule has 2 unspecified atom stereocenters. The molecule has 2 saturated heterocycles. The molecule has 0 spiro atoms. The summed E-state index contributed by atoms with van der Waals surface area (Å²) in [7, 11) is 0. The van der Waals surface area contributed by atoms with Crippen molar-refractivity contribution in [3.8, 4) is 0 Å². The van der Waals surface area contributed by atoms with Crippen molar-refractivity contribution in [1.82, 2.24) is 5.32 Å². The van der Waals surface area contributed by atoms with Gasteiger partial charge in [0.15, 0.2) is 5.76 Å². The highest BCUT2D eigenvalue weighted by atomic mass is 35.5. The number of hydrogen-bond donors (Lipinski definition) is 3. The van der Waals surface area contributed by atoms with Crippen LogP contribution in [0, 0.1) is 5.92 Å². The molecule has 4 rings (SSSR count). The number of hydrogen-bond acceptors (Lipinski definition) is 4. The van der Waals surface area contributed by atoms with Crippen molar-refractivity contribution in [3.05, 3.63) is 48.4 Å². The molecule has 0 radical (unpaired) electrons. The molecule has 0 aliphatic carbocycles. The molecule has 144 valence electrons. The van der Waals surface area contributed by atoms with Crippen LogP contribution in [0.15, 0.2) is 47.1 Å². The monoisotopic (exact) mass is 389 g/mol. The lowest BCUT2D eigenvalue weighted by atomic mass is 9.89. The van der Waals surface area contributed by atoms with Crippen molar-refractivity contribution in [1.29, 1.82) is 0 Å². The molecule has 0 saturated carbocycles. The Labute approximate surface area is 164 Å². The second-order valence-corrected chi connectivity index (χ2v) is 7.24. The highest BCUT2D eigenvalue weighted by molar-refractivity contribution is 6.02. The van der Waals surface area contributed by atoms with E-state index in [9.17, 15) is 9.59 Å². The molecule has 6 nitrogen and oxygen atoms in total. The van der Waals surface area contributed by atoms with E-state index in [4.69, 9.17) is 4.42 Å². The molecule has 2 aromatic rings. The van der Waals surface area contributed by atoms with Gasteiger partial charge in [-0.3, -0.25) is 9.59 Å². The summed E-state index contributed by atoms with van der Waals surface area (Å²) in [5.41, 5.74) is 1.39. The van der Waals surface area contributed by atoms with Crippen molar-refractivity contribution in [2.24, 2.45) is 5.92 Å². The third-order valence-electron chi connectivity index (χ3n) is 5.22. The average Bonchev–Trinajstić information content (AvgIpc) is 3.26. The fourth-order valence-corrected chi connectivity index (χ4v) is 4.05. The largest absolute Gasteiger partial charge is 0.459 e. The van der Waals surface area contributed by atoms with Crippen molar-refractivity contribution in [3.63, 3.8) is 0 Å². The Morgan fingerprint density at radius 3 is 2.22 bits per heavy atom. The minimum Gasteiger partial charge on any atom is -0.459 e. The van der Waals surface area contributed by atoms with Crippen LogP contribution in [0.4, 0.5) is 11.4 Å². The third kappa shape index (κ3) is 4.90. The number of piperidine rings is 1. The number of amides is 2. The van der Waals surface area contributed by atoms with E-state index < -0.39 is 0 Å². The van der Waals surface area contributed by atoms with Gasteiger partial charge >= 0.3 is 0 Å². The Morgan fingerprint density at radius 1 is 1.00 bits per heavy atom. The minimum atomic E-state index is -0.299. The lowest BCUT2D eigenvalue weighted by Crippen LogP contribution is -2.39. The summed E-state index contributed by atoms with van der Waals surface area (Å²) in [5, 5.41) is 9.31. The van der Waals surface area contributed by atoms with Gasteiger partial charge in [-0.25, -0.2) is 0 Å². The van der Waals surface area contributed by atoms with Crippen LogP contribution in [0.3, 0.4) is 0 Å². The van der Waals surface area contributed by atoms with Gasteiger partial charge in [0, 0.05) is 29.9 Å². The summed E-state index contributed by atoms with van der Waals surface area (Å²) < 4.78 is 5.06. The minimum absolute atomic E-state index is 0. The first-order chi connectivity index (χ1) is 12.7. The molecule has 27 heavy (non-hydrogen) atoms. The van der Waals surface area contributed by atoms with Crippen LogP contribution < -0.4 is 16.0 Å². The number of furan rings is 1. The molecule has 3 heterocycles. The van der Waals surface area contributed by atoms with Crippen molar-refractivity contribution in [2.45, 2.75) is 44.2 Å². The van der Waals surface area contributed by atoms with Crippen LogP contribution in [-0.4, -0.2) is 23.9 Å². The maximum Gasteiger partial charge on any atom is 0.291 e. The van der Waals surface area contributed by atoms with Gasteiger partial charge in [0.2, 0.25) is 5.91 Å². The summed E-state index contributed by atoms with van der Waals surface area (Å²) in [5.74, 6) is 0.495. The standard InChI is InChI=1S/C20H23N3O3.ClH/c24-19(12-13-10-16-7-8-17(11-13)21-16)22-14-3-5-15(6-4-14)23-20(25)18-2-1-9-26-18;/h1-6,9,13,16-17,21H,7-8,10-12H2,(H,22,24)(H,23,25);1H. The number of carbonyl (C=O) groups is 2. The zero-order valence-corrected chi connectivity index (χ0v) is 15.8. The molecule has 2 aliphatic heterocycles. The number of nitrogens with one attached hydrogen (secondary N) is 3. The summed E-state index contributed by atoms with van der Waals surface area (Å²) in [6, 6.07) is 11.6. The summed E-state index contributed by atoms with van der Waals surface area (Å²) >= 11 is 0. The van der Waals surface area contributed by atoms with Crippen molar-refractivity contribution >= 4 is 35.6 Å². The molecule has 1 aromatic heterocycles. The Balaban J connectivity index is 0.00000210. The van der Waals surface area contributed by atoms with Crippen LogP contribution in [0.5, 0.6) is 0 Å². The predicted molar refractivity (Wildman–Crippen MR) is 106 cm³/mol. The van der Waals surface area contributed by atoms with Gasteiger partial charge < -0.3 is 20.4 Å². The zero-order valence-electron chi connectivity index (χ0n) is 14.9. The number of fused-ring (bicyclic) bond motifs is 2. The van der Waals surface area contributed by atoms with Gasteiger partial charge in [0.25, 0.3) is 5.91 Å². The van der Waals surface area contributed by atoms with Crippen LogP contribution in [0.1, 0.15) is 42.7 Å². The maximum absolute atomic E-state index is 12.3. The lowest BCUT2D eigenvalue weighted by molar-refractivity contribution is -0.117. The Bertz CT molecular complexity index is 764. The Hall–Kier alpha value is -2.31. The number of carbonyl (C=O) groups excluding carboxylic acids is 2. The van der Waals surface area contributed by atoms with Crippen molar-refractivity contribution < 1.29 is 14.0 Å². The van der Waals surface area contributed by atoms with E-state index in [2.05, 4.69) is 16.0 Å². The van der Waals surface area contributed by atoms with E-state index >= 15 is 0 Å². The molecule has 1 aromatic carbocycles. The quantitative estimate of drug-likeness (QED) is 0.726. The fraction of sp³-hybridized carbons (Fsp3) is 0.400. The topological polar surface area (TPSA) is 83.4 Å². The zero-order chi connectivity index (χ0) is 17.9. The first kappa shape index (κ1) is 19.5. The van der Waals surface area contributed by atoms with Gasteiger partial charge in [-0.2, -0.15) is 0 Å². The molecule has 2 bridgehead atoms. The van der Waals surface area contributed by atoms with E-state index in [1.165, 1.54) is 19.1 Å². The summed E-state index contributed by atoms with van der Waals surface area (Å²) in [6.45, 7) is 0. The van der Waals surface area contributed by atoms with Crippen LogP contribution >= 0.6 is 12.4 Å². The maximum atomic E-state index is 12.3. The number of rotatable bonds is 5. The third-order valence-corrected chi connectivity index (χ3v) is 5.22. The van der Waals surface area contributed by atoms with Gasteiger partial charge in [0.1, 0.15) is 0 Å².